The van der Waals surface area contributed by atoms with Gasteiger partial charge in [-0.15, -0.1) is 11.6 Å². The highest BCUT2D eigenvalue weighted by Gasteiger charge is 2.17. The summed E-state index contributed by atoms with van der Waals surface area (Å²) < 4.78 is 0. The largest absolute Gasteiger partial charge is 0.113 e. The monoisotopic (exact) mass is 314 g/mol. The average Bonchev–Trinajstić information content (AvgIpc) is 2.50. The molecule has 0 fully saturated rings. The molecule has 0 saturated heterocycles. The van der Waals surface area contributed by atoms with E-state index in [0.29, 0.717) is 0 Å². The summed E-state index contributed by atoms with van der Waals surface area (Å²) in [4.78, 5) is 0. The smallest absolute Gasteiger partial charge is 0.0844 e. The van der Waals surface area contributed by atoms with E-state index in [9.17, 15) is 0 Å². The van der Waals surface area contributed by atoms with Crippen LogP contribution in [0.15, 0.2) is 54.6 Å². The summed E-state index contributed by atoms with van der Waals surface area (Å²) in [6.07, 6.45) is 0. The van der Waals surface area contributed by atoms with Crippen molar-refractivity contribution in [1.29, 1.82) is 0 Å². The van der Waals surface area contributed by atoms with E-state index in [1.165, 1.54) is 16.3 Å². The Kier molecular flexibility index (Phi) is 3.93. The number of rotatable bonds is 2. The molecule has 0 spiro atoms. The zero-order valence-corrected chi connectivity index (χ0v) is 13.5. The molecule has 3 aromatic carbocycles. The maximum absolute atomic E-state index is 6.78. The first kappa shape index (κ1) is 14.4. The third kappa shape index (κ3) is 2.54. The SMILES string of the molecule is Cc1c(Cl)cccc1C(Cl)c1ccc(C)c2ccccc12. The van der Waals surface area contributed by atoms with Gasteiger partial charge in [0.25, 0.3) is 0 Å². The topological polar surface area (TPSA) is 0 Å². The molecule has 3 aromatic rings. The summed E-state index contributed by atoms with van der Waals surface area (Å²) in [6.45, 7) is 4.14. The van der Waals surface area contributed by atoms with Crippen LogP contribution < -0.4 is 0 Å². The molecule has 106 valence electrons. The maximum Gasteiger partial charge on any atom is 0.0844 e. The minimum absolute atomic E-state index is 0.200. The van der Waals surface area contributed by atoms with Crippen molar-refractivity contribution < 1.29 is 0 Å². The van der Waals surface area contributed by atoms with Gasteiger partial charge in [0.05, 0.1) is 5.38 Å². The number of aryl methyl sites for hydroxylation is 1. The molecule has 0 heterocycles. The van der Waals surface area contributed by atoms with Gasteiger partial charge in [-0.2, -0.15) is 0 Å². The van der Waals surface area contributed by atoms with E-state index < -0.39 is 0 Å². The Hall–Kier alpha value is -1.50. The van der Waals surface area contributed by atoms with Crippen LogP contribution in [0, 0.1) is 13.8 Å². The van der Waals surface area contributed by atoms with Gasteiger partial charge < -0.3 is 0 Å². The average molecular weight is 315 g/mol. The quantitative estimate of drug-likeness (QED) is 0.477. The van der Waals surface area contributed by atoms with E-state index in [1.807, 2.05) is 25.1 Å². The standard InChI is InChI=1S/C19H16Cl2/c1-12-10-11-17(16-7-4-3-6-14(12)16)19(21)15-8-5-9-18(20)13(15)2/h3-11,19H,1-2H3. The van der Waals surface area contributed by atoms with E-state index in [2.05, 4.69) is 43.3 Å². The van der Waals surface area contributed by atoms with Crippen LogP contribution >= 0.6 is 23.2 Å². The van der Waals surface area contributed by atoms with Gasteiger partial charge in [-0.25, -0.2) is 0 Å². The summed E-state index contributed by atoms with van der Waals surface area (Å²) in [5.41, 5.74) is 4.51. The second-order valence-electron chi connectivity index (χ2n) is 5.33. The van der Waals surface area contributed by atoms with Gasteiger partial charge in [-0.3, -0.25) is 0 Å². The minimum Gasteiger partial charge on any atom is -0.113 e. The fraction of sp³-hybridized carbons (Fsp3) is 0.158. The lowest BCUT2D eigenvalue weighted by Gasteiger charge is -2.17. The number of halogens is 2. The molecule has 0 nitrogen and oxygen atoms in total. The van der Waals surface area contributed by atoms with Gasteiger partial charge in [-0.1, -0.05) is 60.1 Å². The van der Waals surface area contributed by atoms with Crippen molar-refractivity contribution in [2.45, 2.75) is 19.2 Å². The van der Waals surface area contributed by atoms with Gasteiger partial charge in [0.2, 0.25) is 0 Å². The van der Waals surface area contributed by atoms with Crippen molar-refractivity contribution in [2.24, 2.45) is 0 Å². The molecule has 3 rings (SSSR count). The third-order valence-electron chi connectivity index (χ3n) is 4.03. The molecule has 0 aromatic heterocycles. The first-order chi connectivity index (χ1) is 10.1. The predicted molar refractivity (Wildman–Crippen MR) is 92.6 cm³/mol. The van der Waals surface area contributed by atoms with Crippen LogP contribution in [0.4, 0.5) is 0 Å². The van der Waals surface area contributed by atoms with Gasteiger partial charge in [0.15, 0.2) is 0 Å². The lowest BCUT2D eigenvalue weighted by molar-refractivity contribution is 1.12. The molecule has 21 heavy (non-hydrogen) atoms. The molecule has 0 saturated carbocycles. The Balaban J connectivity index is 2.21. The highest BCUT2D eigenvalue weighted by molar-refractivity contribution is 6.31. The normalized spacial score (nSPS) is 12.6. The zero-order chi connectivity index (χ0) is 15.0. The summed E-state index contributed by atoms with van der Waals surface area (Å²) >= 11 is 13.0. The van der Waals surface area contributed by atoms with E-state index in [-0.39, 0.29) is 5.38 Å². The van der Waals surface area contributed by atoms with Crippen molar-refractivity contribution in [3.8, 4) is 0 Å². The highest BCUT2D eigenvalue weighted by Crippen LogP contribution is 2.37. The van der Waals surface area contributed by atoms with Gasteiger partial charge in [-0.05, 0) is 52.9 Å². The molecule has 0 N–H and O–H groups in total. The van der Waals surface area contributed by atoms with Crippen LogP contribution in [0.2, 0.25) is 5.02 Å². The maximum atomic E-state index is 6.78. The van der Waals surface area contributed by atoms with Crippen molar-refractivity contribution in [2.75, 3.05) is 0 Å². The lowest BCUT2D eigenvalue weighted by atomic mass is 9.94. The number of alkyl halides is 1. The van der Waals surface area contributed by atoms with Gasteiger partial charge in [0, 0.05) is 5.02 Å². The molecule has 0 amide bonds. The Morgan fingerprint density at radius 3 is 2.24 bits per heavy atom. The third-order valence-corrected chi connectivity index (χ3v) is 4.91. The first-order valence-electron chi connectivity index (χ1n) is 6.97. The van der Waals surface area contributed by atoms with E-state index in [0.717, 1.165) is 21.7 Å². The molecule has 0 aliphatic carbocycles. The summed E-state index contributed by atoms with van der Waals surface area (Å²) in [7, 11) is 0. The van der Waals surface area contributed by atoms with Crippen molar-refractivity contribution >= 4 is 34.0 Å². The number of fused-ring (bicyclic) bond motifs is 1. The Morgan fingerprint density at radius 2 is 1.48 bits per heavy atom. The van der Waals surface area contributed by atoms with E-state index in [4.69, 9.17) is 23.2 Å². The summed E-state index contributed by atoms with van der Waals surface area (Å²) in [5.74, 6) is 0. The molecule has 0 radical (unpaired) electrons. The van der Waals surface area contributed by atoms with Crippen molar-refractivity contribution in [3.63, 3.8) is 0 Å². The Morgan fingerprint density at radius 1 is 0.762 bits per heavy atom. The van der Waals surface area contributed by atoms with E-state index >= 15 is 0 Å². The van der Waals surface area contributed by atoms with Crippen molar-refractivity contribution in [1.82, 2.24) is 0 Å². The van der Waals surface area contributed by atoms with Crippen LogP contribution in [0.25, 0.3) is 10.8 Å². The minimum atomic E-state index is -0.200. The number of hydrogen-bond acceptors (Lipinski definition) is 0. The van der Waals surface area contributed by atoms with Crippen LogP contribution in [0.1, 0.15) is 27.6 Å². The van der Waals surface area contributed by atoms with Crippen LogP contribution in [0.3, 0.4) is 0 Å². The molecular weight excluding hydrogens is 299 g/mol. The second-order valence-corrected chi connectivity index (χ2v) is 6.18. The number of benzene rings is 3. The Bertz CT molecular complexity index is 806. The Labute approximate surface area is 135 Å². The lowest BCUT2D eigenvalue weighted by Crippen LogP contribution is -1.98. The summed E-state index contributed by atoms with van der Waals surface area (Å²) in [5, 5.41) is 3.01. The molecule has 1 unspecified atom stereocenters. The zero-order valence-electron chi connectivity index (χ0n) is 12.0. The van der Waals surface area contributed by atoms with Crippen LogP contribution in [0.5, 0.6) is 0 Å². The molecule has 0 bridgehead atoms. The molecule has 1 atom stereocenters. The first-order valence-corrected chi connectivity index (χ1v) is 7.78. The van der Waals surface area contributed by atoms with Gasteiger partial charge >= 0.3 is 0 Å². The van der Waals surface area contributed by atoms with E-state index in [1.54, 1.807) is 0 Å². The molecule has 0 aliphatic heterocycles. The fourth-order valence-corrected chi connectivity index (χ4v) is 3.37. The van der Waals surface area contributed by atoms with Crippen LogP contribution in [-0.4, -0.2) is 0 Å². The molecular formula is C19H16Cl2. The fourth-order valence-electron chi connectivity index (χ4n) is 2.76. The van der Waals surface area contributed by atoms with Gasteiger partial charge in [0.1, 0.15) is 0 Å². The molecule has 2 heteroatoms. The van der Waals surface area contributed by atoms with Crippen molar-refractivity contribution in [3.05, 3.63) is 81.9 Å². The summed E-state index contributed by atoms with van der Waals surface area (Å²) in [6, 6.07) is 18.5. The predicted octanol–water partition coefficient (Wildman–Crippen LogP) is 6.44. The van der Waals surface area contributed by atoms with Crippen LogP contribution in [-0.2, 0) is 0 Å². The number of hydrogen-bond donors (Lipinski definition) is 0. The molecule has 0 aliphatic rings. The highest BCUT2D eigenvalue weighted by atomic mass is 35.5. The second kappa shape index (κ2) is 5.71.